The first-order chi connectivity index (χ1) is 8.62. The molecular formula is C11H9N3O2S2. The lowest BCUT2D eigenvalue weighted by molar-refractivity contribution is 0.581. The summed E-state index contributed by atoms with van der Waals surface area (Å²) in [5.41, 5.74) is 1.09. The second-order valence-electron chi connectivity index (χ2n) is 3.45. The van der Waals surface area contributed by atoms with Crippen molar-refractivity contribution in [1.29, 1.82) is 5.26 Å². The molecule has 2 rings (SSSR count). The Kier molecular flexibility index (Phi) is 3.72. The van der Waals surface area contributed by atoms with E-state index >= 15 is 0 Å². The fourth-order valence-electron chi connectivity index (χ4n) is 1.26. The molecule has 0 aliphatic heterocycles. The minimum Gasteiger partial charge on any atom is -0.244 e. The molecule has 7 heteroatoms. The summed E-state index contributed by atoms with van der Waals surface area (Å²) in [6.45, 7) is 0.242. The minimum absolute atomic E-state index is 0.0525. The van der Waals surface area contributed by atoms with Crippen molar-refractivity contribution in [1.82, 2.24) is 9.71 Å². The van der Waals surface area contributed by atoms with Crippen molar-refractivity contribution in [2.45, 2.75) is 11.4 Å². The van der Waals surface area contributed by atoms with Crippen molar-refractivity contribution in [3.63, 3.8) is 0 Å². The number of hydrogen-bond acceptors (Lipinski definition) is 5. The molecule has 0 unspecified atom stereocenters. The lowest BCUT2D eigenvalue weighted by atomic mass is 10.4. The van der Waals surface area contributed by atoms with Gasteiger partial charge < -0.3 is 0 Å². The SMILES string of the molecule is N#Cc1ccc(S(=O)(=O)NCc2ccsc2)cn1. The fraction of sp³-hybridized carbons (Fsp3) is 0.0909. The highest BCUT2D eigenvalue weighted by molar-refractivity contribution is 7.89. The third-order valence-corrected chi connectivity index (χ3v) is 4.33. The maximum atomic E-state index is 11.9. The molecule has 0 atom stereocenters. The molecule has 0 radical (unpaired) electrons. The van der Waals surface area contributed by atoms with Crippen LogP contribution in [0.2, 0.25) is 0 Å². The highest BCUT2D eigenvalue weighted by atomic mass is 32.2. The molecule has 1 N–H and O–H groups in total. The molecular weight excluding hydrogens is 270 g/mol. The smallest absolute Gasteiger partial charge is 0.242 e. The predicted molar refractivity (Wildman–Crippen MR) is 67.3 cm³/mol. The number of nitriles is 1. The van der Waals surface area contributed by atoms with Gasteiger partial charge in [-0.2, -0.15) is 16.6 Å². The van der Waals surface area contributed by atoms with Gasteiger partial charge in [0.1, 0.15) is 16.7 Å². The summed E-state index contributed by atoms with van der Waals surface area (Å²) in [6, 6.07) is 6.42. The molecule has 0 saturated carbocycles. The lowest BCUT2D eigenvalue weighted by Crippen LogP contribution is -2.23. The van der Waals surface area contributed by atoms with Gasteiger partial charge in [0.15, 0.2) is 0 Å². The number of rotatable bonds is 4. The third-order valence-electron chi connectivity index (χ3n) is 2.21. The summed E-state index contributed by atoms with van der Waals surface area (Å²) < 4.78 is 26.3. The van der Waals surface area contributed by atoms with Gasteiger partial charge in [-0.15, -0.1) is 0 Å². The highest BCUT2D eigenvalue weighted by Crippen LogP contribution is 2.10. The van der Waals surface area contributed by atoms with Gasteiger partial charge in [-0.1, -0.05) is 0 Å². The zero-order valence-electron chi connectivity index (χ0n) is 9.20. The monoisotopic (exact) mass is 279 g/mol. The van der Waals surface area contributed by atoms with Gasteiger partial charge in [0.2, 0.25) is 10.0 Å². The molecule has 0 aliphatic rings. The Morgan fingerprint density at radius 3 is 2.78 bits per heavy atom. The Bertz CT molecular complexity index is 655. The van der Waals surface area contributed by atoms with E-state index in [0.717, 1.165) is 5.56 Å². The van der Waals surface area contributed by atoms with Crippen LogP contribution < -0.4 is 4.72 Å². The van der Waals surface area contributed by atoms with Gasteiger partial charge >= 0.3 is 0 Å². The van der Waals surface area contributed by atoms with E-state index < -0.39 is 10.0 Å². The largest absolute Gasteiger partial charge is 0.244 e. The molecule has 0 bridgehead atoms. The second-order valence-corrected chi connectivity index (χ2v) is 5.99. The number of hydrogen-bond donors (Lipinski definition) is 1. The van der Waals surface area contributed by atoms with E-state index in [1.54, 1.807) is 0 Å². The predicted octanol–water partition coefficient (Wildman–Crippen LogP) is 1.49. The van der Waals surface area contributed by atoms with Crippen LogP contribution in [-0.4, -0.2) is 13.4 Å². The van der Waals surface area contributed by atoms with Crippen LogP contribution in [0.4, 0.5) is 0 Å². The quantitative estimate of drug-likeness (QED) is 0.919. The maximum Gasteiger partial charge on any atom is 0.242 e. The Balaban J connectivity index is 2.13. The first-order valence-corrected chi connectivity index (χ1v) is 7.41. The number of nitrogens with one attached hydrogen (secondary N) is 1. The molecule has 2 aromatic rings. The van der Waals surface area contributed by atoms with Gasteiger partial charge in [0.05, 0.1) is 0 Å². The molecule has 0 spiro atoms. The van der Waals surface area contributed by atoms with Gasteiger partial charge in [-0.25, -0.2) is 18.1 Å². The maximum absolute atomic E-state index is 11.9. The summed E-state index contributed by atoms with van der Waals surface area (Å²) in [5, 5.41) is 12.3. The molecule has 0 amide bonds. The average Bonchev–Trinajstić information content (AvgIpc) is 2.90. The van der Waals surface area contributed by atoms with E-state index in [4.69, 9.17) is 5.26 Å². The number of aromatic nitrogens is 1. The van der Waals surface area contributed by atoms with Gasteiger partial charge in [0.25, 0.3) is 0 Å². The van der Waals surface area contributed by atoms with Gasteiger partial charge in [0, 0.05) is 12.7 Å². The van der Waals surface area contributed by atoms with E-state index in [1.165, 1.54) is 29.7 Å². The zero-order valence-corrected chi connectivity index (χ0v) is 10.8. The van der Waals surface area contributed by atoms with Crippen molar-refractivity contribution >= 4 is 21.4 Å². The zero-order chi connectivity index (χ0) is 13.0. The Morgan fingerprint density at radius 2 is 2.22 bits per heavy atom. The molecule has 92 valence electrons. The summed E-state index contributed by atoms with van der Waals surface area (Å²) in [6.07, 6.45) is 1.18. The number of thiophene rings is 1. The van der Waals surface area contributed by atoms with Crippen molar-refractivity contribution < 1.29 is 8.42 Å². The molecule has 5 nitrogen and oxygen atoms in total. The van der Waals surface area contributed by atoms with Crippen LogP contribution in [-0.2, 0) is 16.6 Å². The molecule has 0 aromatic carbocycles. The Morgan fingerprint density at radius 1 is 1.39 bits per heavy atom. The fourth-order valence-corrected chi connectivity index (χ4v) is 2.89. The summed E-state index contributed by atoms with van der Waals surface area (Å²) in [5.74, 6) is 0. The first kappa shape index (κ1) is 12.7. The topological polar surface area (TPSA) is 82.8 Å². The minimum atomic E-state index is -3.58. The molecule has 0 aliphatic carbocycles. The van der Waals surface area contributed by atoms with E-state index in [2.05, 4.69) is 9.71 Å². The van der Waals surface area contributed by atoms with Crippen LogP contribution in [0.25, 0.3) is 0 Å². The van der Waals surface area contributed by atoms with E-state index in [1.807, 2.05) is 22.9 Å². The molecule has 2 aromatic heterocycles. The normalized spacial score (nSPS) is 11.1. The van der Waals surface area contributed by atoms with Crippen LogP contribution in [0, 0.1) is 11.3 Å². The lowest BCUT2D eigenvalue weighted by Gasteiger charge is -2.05. The van der Waals surface area contributed by atoms with Crippen molar-refractivity contribution in [2.75, 3.05) is 0 Å². The van der Waals surface area contributed by atoms with E-state index in [-0.39, 0.29) is 17.1 Å². The molecule has 2 heterocycles. The highest BCUT2D eigenvalue weighted by Gasteiger charge is 2.14. The third kappa shape index (κ3) is 2.92. The molecule has 0 saturated heterocycles. The second kappa shape index (κ2) is 5.27. The van der Waals surface area contributed by atoms with Crippen LogP contribution in [0.15, 0.2) is 40.1 Å². The first-order valence-electron chi connectivity index (χ1n) is 4.99. The van der Waals surface area contributed by atoms with Crippen molar-refractivity contribution in [2.24, 2.45) is 0 Å². The number of nitrogens with zero attached hydrogens (tertiary/aromatic N) is 2. The molecule has 0 fully saturated rings. The van der Waals surface area contributed by atoms with Gasteiger partial charge in [-0.05, 0) is 34.5 Å². The molecule has 18 heavy (non-hydrogen) atoms. The number of pyridine rings is 1. The van der Waals surface area contributed by atoms with Crippen molar-refractivity contribution in [3.05, 3.63) is 46.4 Å². The van der Waals surface area contributed by atoms with E-state index in [0.29, 0.717) is 0 Å². The van der Waals surface area contributed by atoms with Crippen LogP contribution in [0.3, 0.4) is 0 Å². The Hall–Kier alpha value is -1.75. The van der Waals surface area contributed by atoms with Gasteiger partial charge in [-0.3, -0.25) is 0 Å². The summed E-state index contributed by atoms with van der Waals surface area (Å²) in [4.78, 5) is 3.78. The van der Waals surface area contributed by atoms with E-state index in [9.17, 15) is 8.42 Å². The van der Waals surface area contributed by atoms with Crippen LogP contribution in [0.5, 0.6) is 0 Å². The Labute approximate surface area is 109 Å². The van der Waals surface area contributed by atoms with Crippen molar-refractivity contribution in [3.8, 4) is 6.07 Å². The summed E-state index contributed by atoms with van der Waals surface area (Å²) >= 11 is 1.51. The number of sulfonamides is 1. The van der Waals surface area contributed by atoms with Crippen LogP contribution in [0.1, 0.15) is 11.3 Å². The van der Waals surface area contributed by atoms with Crippen LogP contribution >= 0.6 is 11.3 Å². The standard InChI is InChI=1S/C11H9N3O2S2/c12-5-10-1-2-11(7-13-10)18(15,16)14-6-9-3-4-17-8-9/h1-4,7-8,14H,6H2. The summed E-state index contributed by atoms with van der Waals surface area (Å²) in [7, 11) is -3.58. The average molecular weight is 279 g/mol.